The van der Waals surface area contributed by atoms with Gasteiger partial charge in [-0.2, -0.15) is 0 Å². The fourth-order valence-corrected chi connectivity index (χ4v) is 4.78. The topological polar surface area (TPSA) is 102 Å². The van der Waals surface area contributed by atoms with Gasteiger partial charge in [-0.05, 0) is 23.1 Å². The number of aliphatic hydroxyl groups excluding tert-OH is 1. The molecular formula is C19H21N3O5S. The van der Waals surface area contributed by atoms with E-state index in [0.717, 1.165) is 16.7 Å². The summed E-state index contributed by atoms with van der Waals surface area (Å²) in [6.45, 7) is 0.670. The van der Waals surface area contributed by atoms with Gasteiger partial charge in [0.2, 0.25) is 0 Å². The Labute approximate surface area is 165 Å². The molecule has 0 bridgehead atoms. The van der Waals surface area contributed by atoms with E-state index in [0.29, 0.717) is 24.2 Å². The number of anilines is 1. The number of aromatic hydroxyl groups is 1. The summed E-state index contributed by atoms with van der Waals surface area (Å²) < 4.78 is 5.18. The lowest BCUT2D eigenvalue weighted by molar-refractivity contribution is -0.107. The largest absolute Gasteiger partial charge is 0.504 e. The first-order valence-electron chi connectivity index (χ1n) is 8.91. The van der Waals surface area contributed by atoms with Crippen LogP contribution in [-0.4, -0.2) is 59.9 Å². The number of benzene rings is 1. The quantitative estimate of drug-likeness (QED) is 0.504. The fourth-order valence-electron chi connectivity index (χ4n) is 3.83. The van der Waals surface area contributed by atoms with Crippen molar-refractivity contribution in [1.82, 2.24) is 10.2 Å². The molecule has 3 heterocycles. The summed E-state index contributed by atoms with van der Waals surface area (Å²) >= 11 is 1.62. The molecule has 1 aromatic heterocycles. The zero-order valence-corrected chi connectivity index (χ0v) is 16.1. The van der Waals surface area contributed by atoms with Gasteiger partial charge in [-0.1, -0.05) is 0 Å². The Balaban J connectivity index is 1.81. The van der Waals surface area contributed by atoms with Crippen LogP contribution >= 0.6 is 11.3 Å². The number of carbonyl (C=O) groups is 2. The molecule has 2 aliphatic rings. The number of ether oxygens (including phenoxy) is 1. The molecule has 8 nitrogen and oxygen atoms in total. The van der Waals surface area contributed by atoms with Crippen LogP contribution < -0.4 is 15.0 Å². The molecule has 1 aromatic carbocycles. The van der Waals surface area contributed by atoms with Crippen LogP contribution in [0.2, 0.25) is 0 Å². The average molecular weight is 403 g/mol. The zero-order valence-electron chi connectivity index (χ0n) is 15.3. The summed E-state index contributed by atoms with van der Waals surface area (Å²) in [5.74, 6) is -0.165. The van der Waals surface area contributed by atoms with Crippen molar-refractivity contribution in [3.8, 4) is 11.5 Å². The molecule has 2 atom stereocenters. The number of aldehydes is 1. The smallest absolute Gasteiger partial charge is 0.256 e. The maximum absolute atomic E-state index is 13.4. The van der Waals surface area contributed by atoms with Gasteiger partial charge in [0.15, 0.2) is 11.5 Å². The van der Waals surface area contributed by atoms with Crippen molar-refractivity contribution in [2.24, 2.45) is 0 Å². The predicted molar refractivity (Wildman–Crippen MR) is 104 cm³/mol. The molecule has 28 heavy (non-hydrogen) atoms. The number of nitrogens with one attached hydrogen (secondary N) is 1. The number of rotatable bonds is 5. The predicted octanol–water partition coefficient (Wildman–Crippen LogP) is 0.914. The molecule has 0 fully saturated rings. The molecule has 4 rings (SSSR count). The summed E-state index contributed by atoms with van der Waals surface area (Å²) in [5, 5.41) is 26.4. The second kappa shape index (κ2) is 7.42. The first-order valence-corrected chi connectivity index (χ1v) is 9.79. The Morgan fingerprint density at radius 2 is 2.25 bits per heavy atom. The molecule has 9 heteroatoms. The minimum absolute atomic E-state index is 0.109. The number of aliphatic hydroxyl groups is 1. The number of amides is 1. The monoisotopic (exact) mass is 403 g/mol. The van der Waals surface area contributed by atoms with Crippen LogP contribution in [0.4, 0.5) is 5.69 Å². The van der Waals surface area contributed by atoms with Crippen molar-refractivity contribution in [2.75, 3.05) is 25.2 Å². The average Bonchev–Trinajstić information content (AvgIpc) is 3.14. The molecule has 0 spiro atoms. The Morgan fingerprint density at radius 3 is 3.00 bits per heavy atom. The Hall–Kier alpha value is -2.62. The van der Waals surface area contributed by atoms with Crippen LogP contribution in [0.1, 0.15) is 20.8 Å². The van der Waals surface area contributed by atoms with E-state index in [-0.39, 0.29) is 30.6 Å². The van der Waals surface area contributed by atoms with Crippen molar-refractivity contribution in [3.63, 3.8) is 0 Å². The summed E-state index contributed by atoms with van der Waals surface area (Å²) in [6, 6.07) is 4.48. The highest BCUT2D eigenvalue weighted by molar-refractivity contribution is 7.10. The van der Waals surface area contributed by atoms with Crippen LogP contribution in [-0.2, 0) is 17.8 Å². The van der Waals surface area contributed by atoms with Crippen molar-refractivity contribution < 1.29 is 24.5 Å². The SMILES string of the molecule is COc1cc2c(cc1O)N(CNCC=O)C(O)[C@@H]1Cc3sccc3CN1C2=O. The second-order valence-electron chi connectivity index (χ2n) is 6.78. The molecule has 1 unspecified atom stereocenters. The van der Waals surface area contributed by atoms with Crippen molar-refractivity contribution >= 4 is 29.2 Å². The number of phenols is 1. The third kappa shape index (κ3) is 3.01. The number of thiophene rings is 1. The van der Waals surface area contributed by atoms with Gasteiger partial charge >= 0.3 is 0 Å². The van der Waals surface area contributed by atoms with E-state index in [1.54, 1.807) is 21.1 Å². The Morgan fingerprint density at radius 1 is 1.43 bits per heavy atom. The van der Waals surface area contributed by atoms with Gasteiger partial charge in [-0.15, -0.1) is 11.3 Å². The second-order valence-corrected chi connectivity index (χ2v) is 7.78. The van der Waals surface area contributed by atoms with Crippen molar-refractivity contribution in [2.45, 2.75) is 25.2 Å². The van der Waals surface area contributed by atoms with Crippen LogP contribution in [0, 0.1) is 0 Å². The summed E-state index contributed by atoms with van der Waals surface area (Å²) in [6.07, 6.45) is 0.265. The number of methoxy groups -OCH3 is 1. The molecule has 148 valence electrons. The minimum atomic E-state index is -1.01. The maximum Gasteiger partial charge on any atom is 0.256 e. The highest BCUT2D eigenvalue weighted by Crippen LogP contribution is 2.40. The van der Waals surface area contributed by atoms with E-state index in [1.807, 2.05) is 11.4 Å². The van der Waals surface area contributed by atoms with Gasteiger partial charge in [0.25, 0.3) is 5.91 Å². The number of fused-ring (bicyclic) bond motifs is 3. The van der Waals surface area contributed by atoms with E-state index < -0.39 is 12.3 Å². The van der Waals surface area contributed by atoms with Gasteiger partial charge < -0.3 is 29.5 Å². The lowest BCUT2D eigenvalue weighted by atomic mass is 10.00. The number of hydrogen-bond donors (Lipinski definition) is 3. The minimum Gasteiger partial charge on any atom is -0.504 e. The number of phenolic OH excluding ortho intramolecular Hbond substituents is 1. The number of hydrogen-bond acceptors (Lipinski definition) is 8. The highest BCUT2D eigenvalue weighted by atomic mass is 32.1. The van der Waals surface area contributed by atoms with Crippen molar-refractivity contribution in [1.29, 1.82) is 0 Å². The summed E-state index contributed by atoms with van der Waals surface area (Å²) in [5.41, 5.74) is 1.82. The Bertz CT molecular complexity index is 915. The molecular weight excluding hydrogens is 382 g/mol. The van der Waals surface area contributed by atoms with Crippen molar-refractivity contribution in [3.05, 3.63) is 39.6 Å². The summed E-state index contributed by atoms with van der Waals surface area (Å²) in [7, 11) is 1.42. The standard InChI is InChI=1S/C19H21N3O5S/c1-27-16-6-12-13(7-15(16)24)22(10-20-3-4-23)19(26)14-8-17-11(2-5-28-17)9-21(14)18(12)25/h2,4-7,14,19-20,24,26H,3,8-10H2,1H3/t14-,19?/m0/s1. The maximum atomic E-state index is 13.4. The van der Waals surface area contributed by atoms with E-state index in [9.17, 15) is 19.8 Å². The van der Waals surface area contributed by atoms with Crippen LogP contribution in [0.15, 0.2) is 23.6 Å². The summed E-state index contributed by atoms with van der Waals surface area (Å²) in [4.78, 5) is 28.5. The lowest BCUT2D eigenvalue weighted by Crippen LogP contribution is -2.55. The van der Waals surface area contributed by atoms with E-state index in [2.05, 4.69) is 5.32 Å². The first-order chi connectivity index (χ1) is 13.5. The normalized spacial score (nSPS) is 20.9. The van der Waals surface area contributed by atoms with Crippen LogP contribution in [0.5, 0.6) is 11.5 Å². The van der Waals surface area contributed by atoms with Gasteiger partial charge in [0, 0.05) is 23.9 Å². The van der Waals surface area contributed by atoms with Gasteiger partial charge in [-0.25, -0.2) is 0 Å². The third-order valence-corrected chi connectivity index (χ3v) is 6.23. The van der Waals surface area contributed by atoms with Crippen LogP contribution in [0.3, 0.4) is 0 Å². The molecule has 0 radical (unpaired) electrons. The number of carbonyl (C=O) groups excluding carboxylic acids is 2. The van der Waals surface area contributed by atoms with Gasteiger partial charge in [0.05, 0.1) is 37.6 Å². The molecule has 3 N–H and O–H groups in total. The van der Waals surface area contributed by atoms with Gasteiger partial charge in [-0.3, -0.25) is 10.1 Å². The molecule has 1 amide bonds. The molecule has 0 saturated heterocycles. The molecule has 2 aromatic rings. The Kier molecular flexibility index (Phi) is 4.96. The third-order valence-electron chi connectivity index (χ3n) is 5.24. The lowest BCUT2D eigenvalue weighted by Gasteiger charge is -2.39. The van der Waals surface area contributed by atoms with Crippen LogP contribution in [0.25, 0.3) is 0 Å². The van der Waals surface area contributed by atoms with E-state index in [4.69, 9.17) is 4.74 Å². The van der Waals surface area contributed by atoms with Gasteiger partial charge in [0.1, 0.15) is 12.5 Å². The number of nitrogens with zero attached hydrogens (tertiary/aromatic N) is 2. The zero-order chi connectivity index (χ0) is 19.8. The highest BCUT2D eigenvalue weighted by Gasteiger charge is 2.42. The van der Waals surface area contributed by atoms with E-state index >= 15 is 0 Å². The molecule has 0 saturated carbocycles. The van der Waals surface area contributed by atoms with E-state index in [1.165, 1.54) is 19.2 Å². The molecule has 0 aliphatic carbocycles. The first kappa shape index (κ1) is 18.7. The molecule has 2 aliphatic heterocycles. The fraction of sp³-hybridized carbons (Fsp3) is 0.368.